The van der Waals surface area contributed by atoms with Crippen LogP contribution in [-0.2, 0) is 10.0 Å². The monoisotopic (exact) mass is 329 g/mol. The molecule has 1 aromatic carbocycles. The van der Waals surface area contributed by atoms with Gasteiger partial charge in [-0.15, -0.1) is 0 Å². The zero-order chi connectivity index (χ0) is 15.6. The number of hydrogen-bond acceptors (Lipinski definition) is 7. The number of carbonyl (C=O) groups is 1. The molecule has 1 heterocycles. The van der Waals surface area contributed by atoms with Gasteiger partial charge in [0.1, 0.15) is 16.5 Å². The van der Waals surface area contributed by atoms with Crippen LogP contribution in [0.5, 0.6) is 5.75 Å². The fraction of sp³-hybridized carbons (Fsp3) is 0.182. The predicted molar refractivity (Wildman–Crippen MR) is 75.4 cm³/mol. The molecule has 0 saturated carbocycles. The van der Waals surface area contributed by atoms with Gasteiger partial charge in [0, 0.05) is 11.5 Å². The van der Waals surface area contributed by atoms with Crippen LogP contribution in [0.1, 0.15) is 16.2 Å². The third kappa shape index (κ3) is 3.28. The van der Waals surface area contributed by atoms with Crippen molar-refractivity contribution in [2.75, 3.05) is 11.8 Å². The summed E-state index contributed by atoms with van der Waals surface area (Å²) in [4.78, 5) is 14.6. The minimum atomic E-state index is -3.95. The van der Waals surface area contributed by atoms with Crippen LogP contribution in [0.15, 0.2) is 23.1 Å². The van der Waals surface area contributed by atoms with Crippen molar-refractivity contribution < 1.29 is 23.1 Å². The van der Waals surface area contributed by atoms with E-state index in [1.807, 2.05) is 0 Å². The largest absolute Gasteiger partial charge is 0.495 e. The van der Waals surface area contributed by atoms with Gasteiger partial charge in [0.05, 0.1) is 12.7 Å². The number of aromatic nitrogens is 2. The molecule has 2 N–H and O–H groups in total. The number of sulfonamides is 1. The van der Waals surface area contributed by atoms with Crippen LogP contribution in [0.4, 0.5) is 5.13 Å². The van der Waals surface area contributed by atoms with Crippen LogP contribution in [-0.4, -0.2) is 36.0 Å². The molecule has 112 valence electrons. The Morgan fingerprint density at radius 2 is 2.14 bits per heavy atom. The number of methoxy groups -OCH3 is 1. The summed E-state index contributed by atoms with van der Waals surface area (Å²) < 4.78 is 35.6. The first-order valence-corrected chi connectivity index (χ1v) is 7.83. The van der Waals surface area contributed by atoms with Crippen LogP contribution < -0.4 is 9.46 Å². The SMILES string of the molecule is COc1cc(C(=O)O)ccc1S(=O)(=O)Nc1nc(C)ns1. The first-order valence-electron chi connectivity index (χ1n) is 5.58. The van der Waals surface area contributed by atoms with Crippen LogP contribution in [0, 0.1) is 6.92 Å². The Hall–Kier alpha value is -2.20. The maximum Gasteiger partial charge on any atom is 0.335 e. The van der Waals surface area contributed by atoms with E-state index < -0.39 is 16.0 Å². The molecule has 0 amide bonds. The smallest absolute Gasteiger partial charge is 0.335 e. The fourth-order valence-electron chi connectivity index (χ4n) is 1.53. The van der Waals surface area contributed by atoms with Gasteiger partial charge in [-0.1, -0.05) is 0 Å². The summed E-state index contributed by atoms with van der Waals surface area (Å²) in [5, 5.41) is 9.02. The van der Waals surface area contributed by atoms with Crippen molar-refractivity contribution in [3.63, 3.8) is 0 Å². The molecule has 0 aliphatic heterocycles. The molecule has 1 aromatic heterocycles. The number of ether oxygens (including phenoxy) is 1. The molecule has 0 spiro atoms. The third-order valence-corrected chi connectivity index (χ3v) is 4.68. The Labute approximate surface area is 124 Å². The van der Waals surface area contributed by atoms with Crippen molar-refractivity contribution in [1.82, 2.24) is 9.36 Å². The van der Waals surface area contributed by atoms with E-state index in [-0.39, 0.29) is 21.3 Å². The summed E-state index contributed by atoms with van der Waals surface area (Å²) in [7, 11) is -2.69. The lowest BCUT2D eigenvalue weighted by Crippen LogP contribution is -2.14. The van der Waals surface area contributed by atoms with Crippen LogP contribution >= 0.6 is 11.5 Å². The molecular formula is C11H11N3O5S2. The number of benzene rings is 1. The average molecular weight is 329 g/mol. The van der Waals surface area contributed by atoms with Gasteiger partial charge in [-0.3, -0.25) is 4.72 Å². The standard InChI is InChI=1S/C11H11N3O5S2/c1-6-12-11(20-13-6)14-21(17,18)9-4-3-7(10(15)16)5-8(9)19-2/h3-5H,1-2H3,(H,15,16)(H,12,13,14). The molecule has 2 aromatic rings. The van der Waals surface area contributed by atoms with Gasteiger partial charge in [-0.05, 0) is 25.1 Å². The molecular weight excluding hydrogens is 318 g/mol. The number of nitrogens with one attached hydrogen (secondary N) is 1. The van der Waals surface area contributed by atoms with Gasteiger partial charge >= 0.3 is 5.97 Å². The molecule has 0 unspecified atom stereocenters. The van der Waals surface area contributed by atoms with Gasteiger partial charge in [0.2, 0.25) is 5.13 Å². The minimum Gasteiger partial charge on any atom is -0.495 e. The number of anilines is 1. The van der Waals surface area contributed by atoms with Crippen molar-refractivity contribution in [3.8, 4) is 5.75 Å². The Balaban J connectivity index is 2.42. The summed E-state index contributed by atoms with van der Waals surface area (Å²) in [5.41, 5.74) is -0.0717. The first kappa shape index (κ1) is 15.2. The summed E-state index contributed by atoms with van der Waals surface area (Å²) in [6, 6.07) is 3.49. The Morgan fingerprint density at radius 3 is 2.67 bits per heavy atom. The van der Waals surface area contributed by atoms with Crippen molar-refractivity contribution >= 4 is 32.7 Å². The predicted octanol–water partition coefficient (Wildman–Crippen LogP) is 1.35. The number of aryl methyl sites for hydroxylation is 1. The van der Waals surface area contributed by atoms with Crippen LogP contribution in [0.2, 0.25) is 0 Å². The van der Waals surface area contributed by atoms with E-state index >= 15 is 0 Å². The molecule has 21 heavy (non-hydrogen) atoms. The molecule has 0 atom stereocenters. The summed E-state index contributed by atoms with van der Waals surface area (Å²) >= 11 is 0.906. The van der Waals surface area contributed by atoms with E-state index in [0.717, 1.165) is 17.6 Å². The van der Waals surface area contributed by atoms with E-state index in [1.54, 1.807) is 6.92 Å². The molecule has 0 aliphatic rings. The van der Waals surface area contributed by atoms with Gasteiger partial charge in [-0.2, -0.15) is 4.37 Å². The second-order valence-corrected chi connectivity index (χ2v) is 6.33. The quantitative estimate of drug-likeness (QED) is 0.850. The van der Waals surface area contributed by atoms with Gasteiger partial charge in [0.25, 0.3) is 10.0 Å². The summed E-state index contributed by atoms with van der Waals surface area (Å²) in [5.74, 6) is -0.792. The zero-order valence-corrected chi connectivity index (χ0v) is 12.7. The van der Waals surface area contributed by atoms with E-state index in [1.165, 1.54) is 19.2 Å². The molecule has 10 heteroatoms. The molecule has 0 aliphatic carbocycles. The topological polar surface area (TPSA) is 118 Å². The second-order valence-electron chi connectivity index (χ2n) is 3.92. The average Bonchev–Trinajstić information content (AvgIpc) is 2.82. The molecule has 8 nitrogen and oxygen atoms in total. The highest BCUT2D eigenvalue weighted by Gasteiger charge is 2.22. The maximum absolute atomic E-state index is 12.3. The number of hydrogen-bond donors (Lipinski definition) is 2. The highest BCUT2D eigenvalue weighted by Crippen LogP contribution is 2.27. The van der Waals surface area contributed by atoms with Gasteiger partial charge in [0.15, 0.2) is 0 Å². The molecule has 0 radical (unpaired) electrons. The van der Waals surface area contributed by atoms with Crippen molar-refractivity contribution in [1.29, 1.82) is 0 Å². The first-order chi connectivity index (χ1) is 9.83. The normalized spacial score (nSPS) is 11.1. The van der Waals surface area contributed by atoms with Gasteiger partial charge in [-0.25, -0.2) is 18.2 Å². The lowest BCUT2D eigenvalue weighted by atomic mass is 10.2. The number of carboxylic acid groups (broad SMARTS) is 1. The number of rotatable bonds is 5. The molecule has 0 bridgehead atoms. The molecule has 2 rings (SSSR count). The summed E-state index contributed by atoms with van der Waals surface area (Å²) in [6.45, 7) is 1.64. The van der Waals surface area contributed by atoms with E-state index in [4.69, 9.17) is 9.84 Å². The second kappa shape index (κ2) is 5.66. The molecule has 0 fully saturated rings. The Bertz CT molecular complexity index is 785. The lowest BCUT2D eigenvalue weighted by molar-refractivity contribution is 0.0696. The minimum absolute atomic E-state index is 0.0661. The van der Waals surface area contributed by atoms with Crippen LogP contribution in [0.25, 0.3) is 0 Å². The number of carboxylic acids is 1. The van der Waals surface area contributed by atoms with Crippen molar-refractivity contribution in [2.24, 2.45) is 0 Å². The third-order valence-electron chi connectivity index (χ3n) is 2.45. The zero-order valence-electron chi connectivity index (χ0n) is 11.0. The fourth-order valence-corrected chi connectivity index (χ4v) is 3.48. The van der Waals surface area contributed by atoms with E-state index in [9.17, 15) is 13.2 Å². The van der Waals surface area contributed by atoms with E-state index in [0.29, 0.717) is 5.82 Å². The Kier molecular flexibility index (Phi) is 4.09. The highest BCUT2D eigenvalue weighted by atomic mass is 32.2. The van der Waals surface area contributed by atoms with Crippen LogP contribution in [0.3, 0.4) is 0 Å². The Morgan fingerprint density at radius 1 is 1.43 bits per heavy atom. The molecule has 0 saturated heterocycles. The summed E-state index contributed by atoms with van der Waals surface area (Å²) in [6.07, 6.45) is 0. The number of aromatic carboxylic acids is 1. The van der Waals surface area contributed by atoms with Crippen molar-refractivity contribution in [2.45, 2.75) is 11.8 Å². The highest BCUT2D eigenvalue weighted by molar-refractivity contribution is 7.93. The maximum atomic E-state index is 12.3. The van der Waals surface area contributed by atoms with E-state index in [2.05, 4.69) is 14.1 Å². The lowest BCUT2D eigenvalue weighted by Gasteiger charge is -2.10. The van der Waals surface area contributed by atoms with Crippen molar-refractivity contribution in [3.05, 3.63) is 29.6 Å². The van der Waals surface area contributed by atoms with Gasteiger partial charge < -0.3 is 9.84 Å². The number of nitrogens with zero attached hydrogens (tertiary/aromatic N) is 2.